The zero-order valence-corrected chi connectivity index (χ0v) is 15.9. The van der Waals surface area contributed by atoms with Gasteiger partial charge in [-0.25, -0.2) is 13.9 Å². The number of piperazine rings is 1. The summed E-state index contributed by atoms with van der Waals surface area (Å²) in [5, 5.41) is 4.37. The summed E-state index contributed by atoms with van der Waals surface area (Å²) in [6, 6.07) is 10.7. The highest BCUT2D eigenvalue weighted by Gasteiger charge is 2.18. The molecule has 1 aliphatic heterocycles. The molecule has 148 valence electrons. The summed E-state index contributed by atoms with van der Waals surface area (Å²) in [4.78, 5) is 17.0. The van der Waals surface area contributed by atoms with Crippen LogP contribution in [0.25, 0.3) is 5.65 Å². The zero-order valence-electron chi connectivity index (χ0n) is 15.9. The van der Waals surface area contributed by atoms with Crippen LogP contribution >= 0.6 is 0 Å². The average Bonchev–Trinajstić information content (AvgIpc) is 3.04. The standard InChI is InChI=1S/C20H24FN5O2/c1-28-18-6-5-16(14-17(18)21)15-24-10-8-23(9-11-24)12-13-26-20(27)25-7-3-2-4-19(25)22-26/h2-7,14H,8-13,15H2,1H3. The lowest BCUT2D eigenvalue weighted by Crippen LogP contribution is -2.47. The van der Waals surface area contributed by atoms with E-state index in [1.54, 1.807) is 22.7 Å². The summed E-state index contributed by atoms with van der Waals surface area (Å²) in [6.07, 6.45) is 1.74. The van der Waals surface area contributed by atoms with Crippen molar-refractivity contribution < 1.29 is 9.13 Å². The molecular weight excluding hydrogens is 361 g/mol. The van der Waals surface area contributed by atoms with Gasteiger partial charge in [0, 0.05) is 45.5 Å². The molecule has 28 heavy (non-hydrogen) atoms. The monoisotopic (exact) mass is 385 g/mol. The number of rotatable bonds is 6. The molecule has 0 atom stereocenters. The van der Waals surface area contributed by atoms with Gasteiger partial charge in [0.15, 0.2) is 17.2 Å². The van der Waals surface area contributed by atoms with Crippen LogP contribution in [0.1, 0.15) is 5.56 Å². The lowest BCUT2D eigenvalue weighted by Gasteiger charge is -2.34. The molecule has 2 aromatic heterocycles. The Bertz CT molecular complexity index is 1010. The van der Waals surface area contributed by atoms with Gasteiger partial charge < -0.3 is 4.74 Å². The van der Waals surface area contributed by atoms with E-state index < -0.39 is 0 Å². The molecule has 4 rings (SSSR count). The molecule has 3 heterocycles. The lowest BCUT2D eigenvalue weighted by molar-refractivity contribution is 0.122. The predicted octanol–water partition coefficient (Wildman–Crippen LogP) is 1.46. The third kappa shape index (κ3) is 3.93. The van der Waals surface area contributed by atoms with Gasteiger partial charge in [-0.2, -0.15) is 0 Å². The number of hydrogen-bond donors (Lipinski definition) is 0. The molecule has 3 aromatic rings. The van der Waals surface area contributed by atoms with Crippen LogP contribution in [0.3, 0.4) is 0 Å². The van der Waals surface area contributed by atoms with Gasteiger partial charge >= 0.3 is 5.69 Å². The normalized spacial score (nSPS) is 15.9. The third-order valence-corrected chi connectivity index (χ3v) is 5.20. The molecule has 1 aromatic carbocycles. The molecule has 0 unspecified atom stereocenters. The van der Waals surface area contributed by atoms with E-state index in [1.165, 1.54) is 11.8 Å². The fourth-order valence-corrected chi connectivity index (χ4v) is 3.59. The number of ether oxygens (including phenoxy) is 1. The maximum Gasteiger partial charge on any atom is 0.350 e. The van der Waals surface area contributed by atoms with Gasteiger partial charge in [0.25, 0.3) is 0 Å². The van der Waals surface area contributed by atoms with Crippen LogP contribution in [0.5, 0.6) is 5.75 Å². The number of nitrogens with zero attached hydrogens (tertiary/aromatic N) is 5. The summed E-state index contributed by atoms with van der Waals surface area (Å²) in [7, 11) is 1.47. The summed E-state index contributed by atoms with van der Waals surface area (Å²) in [5.74, 6) is -0.0488. The minimum absolute atomic E-state index is 0.101. The Hall–Kier alpha value is -2.71. The van der Waals surface area contributed by atoms with Crippen LogP contribution in [-0.4, -0.2) is 63.8 Å². The fourth-order valence-electron chi connectivity index (χ4n) is 3.59. The van der Waals surface area contributed by atoms with Gasteiger partial charge in [0.05, 0.1) is 13.7 Å². The van der Waals surface area contributed by atoms with Gasteiger partial charge in [-0.3, -0.25) is 14.2 Å². The van der Waals surface area contributed by atoms with Crippen LogP contribution in [0.4, 0.5) is 4.39 Å². The van der Waals surface area contributed by atoms with E-state index in [1.807, 2.05) is 24.3 Å². The van der Waals surface area contributed by atoms with E-state index in [0.29, 0.717) is 12.2 Å². The maximum atomic E-state index is 13.9. The summed E-state index contributed by atoms with van der Waals surface area (Å²) in [5.41, 5.74) is 1.52. The summed E-state index contributed by atoms with van der Waals surface area (Å²) < 4.78 is 21.9. The Morgan fingerprint density at radius 1 is 1.07 bits per heavy atom. The Morgan fingerprint density at radius 3 is 2.57 bits per heavy atom. The van der Waals surface area contributed by atoms with Crippen molar-refractivity contribution in [3.05, 3.63) is 64.5 Å². The van der Waals surface area contributed by atoms with Crippen LogP contribution in [-0.2, 0) is 13.1 Å². The molecule has 0 radical (unpaired) electrons. The van der Waals surface area contributed by atoms with Crippen LogP contribution in [0.15, 0.2) is 47.4 Å². The highest BCUT2D eigenvalue weighted by Crippen LogP contribution is 2.19. The van der Waals surface area contributed by atoms with Crippen LogP contribution in [0, 0.1) is 5.82 Å². The quantitative estimate of drug-likeness (QED) is 0.643. The second-order valence-corrected chi connectivity index (χ2v) is 7.02. The Kier molecular flexibility index (Phi) is 5.40. The number of halogens is 1. The second-order valence-electron chi connectivity index (χ2n) is 7.02. The SMILES string of the molecule is COc1ccc(CN2CCN(CCn3nc4ccccn4c3=O)CC2)cc1F. The van der Waals surface area contributed by atoms with Crippen molar-refractivity contribution in [2.45, 2.75) is 13.1 Å². The van der Waals surface area contributed by atoms with Crippen molar-refractivity contribution in [1.29, 1.82) is 0 Å². The molecule has 0 amide bonds. The molecule has 1 saturated heterocycles. The molecule has 0 N–H and O–H groups in total. The molecule has 0 saturated carbocycles. The number of pyridine rings is 1. The highest BCUT2D eigenvalue weighted by atomic mass is 19.1. The minimum atomic E-state index is -0.323. The number of fused-ring (bicyclic) bond motifs is 1. The van der Waals surface area contributed by atoms with E-state index >= 15 is 0 Å². The zero-order chi connectivity index (χ0) is 19.5. The Morgan fingerprint density at radius 2 is 1.86 bits per heavy atom. The molecule has 1 fully saturated rings. The molecule has 7 nitrogen and oxygen atoms in total. The average molecular weight is 385 g/mol. The molecule has 8 heteroatoms. The highest BCUT2D eigenvalue weighted by molar-refractivity contribution is 5.35. The number of aromatic nitrogens is 3. The van der Waals surface area contributed by atoms with Gasteiger partial charge in [0.1, 0.15) is 0 Å². The van der Waals surface area contributed by atoms with Gasteiger partial charge in [-0.1, -0.05) is 12.1 Å². The van der Waals surface area contributed by atoms with Gasteiger partial charge in [0.2, 0.25) is 0 Å². The van der Waals surface area contributed by atoms with E-state index in [2.05, 4.69) is 14.9 Å². The largest absolute Gasteiger partial charge is 0.494 e. The molecule has 0 aliphatic carbocycles. The number of benzene rings is 1. The van der Waals surface area contributed by atoms with Crippen molar-refractivity contribution >= 4 is 5.65 Å². The van der Waals surface area contributed by atoms with E-state index in [-0.39, 0.29) is 17.3 Å². The summed E-state index contributed by atoms with van der Waals surface area (Å²) >= 11 is 0. The predicted molar refractivity (Wildman–Crippen MR) is 104 cm³/mol. The van der Waals surface area contributed by atoms with Crippen molar-refractivity contribution in [2.75, 3.05) is 39.8 Å². The summed E-state index contributed by atoms with van der Waals surface area (Å²) in [6.45, 7) is 5.74. The fraction of sp³-hybridized carbons (Fsp3) is 0.400. The topological polar surface area (TPSA) is 55.0 Å². The molecule has 1 aliphatic rings. The Labute approximate surface area is 162 Å². The minimum Gasteiger partial charge on any atom is -0.494 e. The number of hydrogen-bond acceptors (Lipinski definition) is 5. The first-order chi connectivity index (χ1) is 13.6. The van der Waals surface area contributed by atoms with Crippen molar-refractivity contribution in [2.24, 2.45) is 0 Å². The van der Waals surface area contributed by atoms with Gasteiger partial charge in [-0.15, -0.1) is 5.10 Å². The third-order valence-electron chi connectivity index (χ3n) is 5.20. The molecule has 0 bridgehead atoms. The van der Waals surface area contributed by atoms with E-state index in [9.17, 15) is 9.18 Å². The first-order valence-electron chi connectivity index (χ1n) is 9.45. The van der Waals surface area contributed by atoms with E-state index in [4.69, 9.17) is 4.74 Å². The van der Waals surface area contributed by atoms with Crippen LogP contribution < -0.4 is 10.4 Å². The second kappa shape index (κ2) is 8.12. The first kappa shape index (κ1) is 18.6. The van der Waals surface area contributed by atoms with Crippen molar-refractivity contribution in [1.82, 2.24) is 24.0 Å². The smallest absolute Gasteiger partial charge is 0.350 e. The van der Waals surface area contributed by atoms with Gasteiger partial charge in [-0.05, 0) is 29.8 Å². The molecule has 0 spiro atoms. The Balaban J connectivity index is 1.29. The van der Waals surface area contributed by atoms with E-state index in [0.717, 1.165) is 44.8 Å². The number of methoxy groups -OCH3 is 1. The lowest BCUT2D eigenvalue weighted by atomic mass is 10.2. The first-order valence-corrected chi connectivity index (χ1v) is 9.45. The van der Waals surface area contributed by atoms with Crippen molar-refractivity contribution in [3.8, 4) is 5.75 Å². The maximum absolute atomic E-state index is 13.9. The molecular formula is C20H24FN5O2. The van der Waals surface area contributed by atoms with Crippen molar-refractivity contribution in [3.63, 3.8) is 0 Å². The van der Waals surface area contributed by atoms with Crippen LogP contribution in [0.2, 0.25) is 0 Å².